The Morgan fingerprint density at radius 3 is 2.10 bits per heavy atom. The molecule has 3 rings (SSSR count). The van der Waals surface area contributed by atoms with Crippen molar-refractivity contribution in [1.29, 1.82) is 0 Å². The van der Waals surface area contributed by atoms with Gasteiger partial charge in [-0.1, -0.05) is 71.2 Å². The molecule has 0 N–H and O–H groups in total. The van der Waals surface area contributed by atoms with Crippen LogP contribution in [0.5, 0.6) is 0 Å². The Kier molecular flexibility index (Phi) is 4.19. The van der Waals surface area contributed by atoms with E-state index in [1.807, 2.05) is 24.3 Å². The van der Waals surface area contributed by atoms with Crippen LogP contribution in [0.3, 0.4) is 0 Å². The maximum Gasteiger partial charge on any atom is 0.0522 e. The van der Waals surface area contributed by atoms with Gasteiger partial charge in [-0.15, -0.1) is 0 Å². The molecule has 0 spiro atoms. The average Bonchev–Trinajstić information content (AvgIpc) is 2.50. The van der Waals surface area contributed by atoms with Crippen LogP contribution >= 0.6 is 23.2 Å². The highest BCUT2D eigenvalue weighted by molar-refractivity contribution is 6.41. The van der Waals surface area contributed by atoms with Crippen molar-refractivity contribution in [2.45, 2.75) is 13.3 Å². The molecule has 0 bridgehead atoms. The van der Waals surface area contributed by atoms with E-state index < -0.39 is 0 Å². The minimum Gasteiger partial charge on any atom is -0.0843 e. The van der Waals surface area contributed by atoms with E-state index in [1.165, 1.54) is 5.56 Å². The molecule has 0 aliphatic heterocycles. The minimum absolute atomic E-state index is 0.737. The minimum atomic E-state index is 0.737. The number of halogens is 2. The van der Waals surface area contributed by atoms with Crippen molar-refractivity contribution in [3.05, 3.63) is 87.8 Å². The van der Waals surface area contributed by atoms with Gasteiger partial charge >= 0.3 is 0 Å². The van der Waals surface area contributed by atoms with Gasteiger partial charge in [0.2, 0.25) is 0 Å². The average molecular weight is 314 g/mol. The van der Waals surface area contributed by atoms with Crippen molar-refractivity contribution in [1.82, 2.24) is 0 Å². The lowest BCUT2D eigenvalue weighted by molar-refractivity contribution is 1.27. The molecule has 0 fully saturated rings. The summed E-state index contributed by atoms with van der Waals surface area (Å²) in [5.74, 6) is 0. The number of allylic oxidation sites excluding steroid dienone is 4. The quantitative estimate of drug-likeness (QED) is 0.611. The SMILES string of the molecule is Cc1ccc(C2=CC[CH]C(c3ccc(Cl)cc3)=C2Cl)cc1. The Labute approximate surface area is 135 Å². The summed E-state index contributed by atoms with van der Waals surface area (Å²) >= 11 is 12.6. The van der Waals surface area contributed by atoms with Gasteiger partial charge in [0.15, 0.2) is 0 Å². The first-order valence-electron chi connectivity index (χ1n) is 6.91. The van der Waals surface area contributed by atoms with Crippen LogP contribution in [0.2, 0.25) is 5.02 Å². The largest absolute Gasteiger partial charge is 0.0843 e. The molecule has 1 aliphatic rings. The van der Waals surface area contributed by atoms with Gasteiger partial charge in [0, 0.05) is 5.02 Å². The van der Waals surface area contributed by atoms with Gasteiger partial charge in [0.25, 0.3) is 0 Å². The van der Waals surface area contributed by atoms with Crippen molar-refractivity contribution in [3.8, 4) is 0 Å². The number of hydrogen-bond acceptors (Lipinski definition) is 0. The summed E-state index contributed by atoms with van der Waals surface area (Å²) in [5.41, 5.74) is 5.68. The zero-order chi connectivity index (χ0) is 14.8. The van der Waals surface area contributed by atoms with Crippen LogP contribution in [0.25, 0.3) is 11.1 Å². The first-order valence-corrected chi connectivity index (χ1v) is 7.67. The fraction of sp³-hybridized carbons (Fsp3) is 0.105. The van der Waals surface area contributed by atoms with Crippen molar-refractivity contribution in [3.63, 3.8) is 0 Å². The second kappa shape index (κ2) is 6.09. The van der Waals surface area contributed by atoms with Gasteiger partial charge < -0.3 is 0 Å². The van der Waals surface area contributed by atoms with Crippen LogP contribution in [-0.2, 0) is 0 Å². The summed E-state index contributed by atoms with van der Waals surface area (Å²) in [6, 6.07) is 16.3. The lowest BCUT2D eigenvalue weighted by atomic mass is 9.90. The molecular weight excluding hydrogens is 299 g/mol. The van der Waals surface area contributed by atoms with E-state index >= 15 is 0 Å². The molecule has 0 nitrogen and oxygen atoms in total. The van der Waals surface area contributed by atoms with Crippen LogP contribution in [0, 0.1) is 13.3 Å². The van der Waals surface area contributed by atoms with E-state index in [0.717, 1.165) is 38.7 Å². The van der Waals surface area contributed by atoms with E-state index in [0.29, 0.717) is 0 Å². The first-order chi connectivity index (χ1) is 10.1. The predicted molar refractivity (Wildman–Crippen MR) is 92.3 cm³/mol. The Balaban J connectivity index is 2.02. The summed E-state index contributed by atoms with van der Waals surface area (Å²) in [6.07, 6.45) is 5.22. The standard InChI is InChI=1S/C19H15Cl2/c1-13-5-7-14(8-6-13)17-3-2-4-18(19(17)21)15-9-11-16(20)12-10-15/h3-12H,2H2,1H3. The molecule has 0 saturated heterocycles. The van der Waals surface area contributed by atoms with Crippen molar-refractivity contribution in [2.75, 3.05) is 0 Å². The third-order valence-electron chi connectivity index (χ3n) is 3.63. The summed E-state index contributed by atoms with van der Waals surface area (Å²) in [4.78, 5) is 0. The van der Waals surface area contributed by atoms with Gasteiger partial charge in [-0.2, -0.15) is 0 Å². The van der Waals surface area contributed by atoms with E-state index in [-0.39, 0.29) is 0 Å². The van der Waals surface area contributed by atoms with E-state index in [1.54, 1.807) is 0 Å². The van der Waals surface area contributed by atoms with Crippen molar-refractivity contribution in [2.24, 2.45) is 0 Å². The monoisotopic (exact) mass is 313 g/mol. The molecular formula is C19H15Cl2. The Hall–Kier alpha value is -1.50. The molecule has 1 aliphatic carbocycles. The maximum absolute atomic E-state index is 6.64. The summed E-state index contributed by atoms with van der Waals surface area (Å²) in [6.45, 7) is 2.09. The van der Waals surface area contributed by atoms with E-state index in [4.69, 9.17) is 23.2 Å². The third-order valence-corrected chi connectivity index (χ3v) is 4.29. The summed E-state index contributed by atoms with van der Waals surface area (Å²) in [5, 5.41) is 1.54. The predicted octanol–water partition coefficient (Wildman–Crippen LogP) is 6.29. The molecule has 2 heteroatoms. The van der Waals surface area contributed by atoms with Crippen LogP contribution in [0.4, 0.5) is 0 Å². The zero-order valence-electron chi connectivity index (χ0n) is 11.7. The second-order valence-electron chi connectivity index (χ2n) is 5.16. The molecule has 2 aromatic rings. The van der Waals surface area contributed by atoms with E-state index in [9.17, 15) is 0 Å². The van der Waals surface area contributed by atoms with Crippen molar-refractivity contribution >= 4 is 34.3 Å². The molecule has 0 atom stereocenters. The highest BCUT2D eigenvalue weighted by atomic mass is 35.5. The van der Waals surface area contributed by atoms with Crippen LogP contribution < -0.4 is 0 Å². The third kappa shape index (κ3) is 3.07. The number of rotatable bonds is 2. The molecule has 0 aromatic heterocycles. The lowest BCUT2D eigenvalue weighted by Gasteiger charge is -2.18. The molecule has 0 saturated carbocycles. The molecule has 2 aromatic carbocycles. The zero-order valence-corrected chi connectivity index (χ0v) is 13.2. The number of benzene rings is 2. The Morgan fingerprint density at radius 2 is 1.43 bits per heavy atom. The fourth-order valence-electron chi connectivity index (χ4n) is 2.47. The lowest BCUT2D eigenvalue weighted by Crippen LogP contribution is -1.98. The molecule has 21 heavy (non-hydrogen) atoms. The molecule has 1 radical (unpaired) electrons. The molecule has 105 valence electrons. The highest BCUT2D eigenvalue weighted by Gasteiger charge is 2.17. The normalized spacial score (nSPS) is 15.1. The van der Waals surface area contributed by atoms with Gasteiger partial charge in [-0.05, 0) is 54.2 Å². The van der Waals surface area contributed by atoms with Gasteiger partial charge in [-0.25, -0.2) is 0 Å². The fourth-order valence-corrected chi connectivity index (χ4v) is 2.97. The van der Waals surface area contributed by atoms with Gasteiger partial charge in [0.05, 0.1) is 5.03 Å². The molecule has 0 unspecified atom stereocenters. The number of aryl methyl sites for hydroxylation is 1. The Bertz CT molecular complexity index is 704. The second-order valence-corrected chi connectivity index (χ2v) is 5.97. The smallest absolute Gasteiger partial charge is 0.0522 e. The first kappa shape index (κ1) is 14.4. The van der Waals surface area contributed by atoms with Crippen LogP contribution in [-0.4, -0.2) is 0 Å². The topological polar surface area (TPSA) is 0 Å². The van der Waals surface area contributed by atoms with Gasteiger partial charge in [0.1, 0.15) is 0 Å². The summed E-state index contributed by atoms with van der Waals surface area (Å²) in [7, 11) is 0. The Morgan fingerprint density at radius 1 is 0.810 bits per heavy atom. The molecule has 0 amide bonds. The number of hydrogen-bond donors (Lipinski definition) is 0. The van der Waals surface area contributed by atoms with E-state index in [2.05, 4.69) is 43.7 Å². The molecule has 0 heterocycles. The highest BCUT2D eigenvalue weighted by Crippen LogP contribution is 2.39. The van der Waals surface area contributed by atoms with Gasteiger partial charge in [-0.3, -0.25) is 0 Å². The summed E-state index contributed by atoms with van der Waals surface area (Å²) < 4.78 is 0. The van der Waals surface area contributed by atoms with Crippen LogP contribution in [0.1, 0.15) is 23.1 Å². The van der Waals surface area contributed by atoms with Crippen LogP contribution in [0.15, 0.2) is 59.6 Å². The maximum atomic E-state index is 6.64. The van der Waals surface area contributed by atoms with Crippen molar-refractivity contribution < 1.29 is 0 Å².